The first-order valence-electron chi connectivity index (χ1n) is 5.72. The number of aliphatic hydroxyl groups excluding tert-OH is 1. The fourth-order valence-corrected chi connectivity index (χ4v) is 1.58. The summed E-state index contributed by atoms with van der Waals surface area (Å²) in [6.07, 6.45) is 2.52. The topological polar surface area (TPSA) is 93.6 Å². The number of hydrogen-bond acceptors (Lipinski definition) is 5. The zero-order valence-corrected chi connectivity index (χ0v) is 10.7. The summed E-state index contributed by atoms with van der Waals surface area (Å²) in [4.78, 5) is 17.4. The Balaban J connectivity index is 2.56. The summed E-state index contributed by atoms with van der Waals surface area (Å²) < 4.78 is 6.56. The van der Waals surface area contributed by atoms with Gasteiger partial charge in [0.15, 0.2) is 0 Å². The number of nitrogens with two attached hydrogens (primary N) is 1. The third kappa shape index (κ3) is 4.10. The van der Waals surface area contributed by atoms with E-state index in [1.807, 2.05) is 0 Å². The van der Waals surface area contributed by atoms with Gasteiger partial charge in [0.25, 0.3) is 5.91 Å². The molecule has 0 saturated heterocycles. The van der Waals surface area contributed by atoms with Crippen LogP contribution in [-0.2, 0) is 11.3 Å². The third-order valence-electron chi connectivity index (χ3n) is 2.43. The largest absolute Gasteiger partial charge is 0.389 e. The molecule has 7 heteroatoms. The van der Waals surface area contributed by atoms with Gasteiger partial charge in [0, 0.05) is 40.0 Å². The lowest BCUT2D eigenvalue weighted by Gasteiger charge is -2.19. The summed E-state index contributed by atoms with van der Waals surface area (Å²) in [5, 5.41) is 9.54. The second kappa shape index (κ2) is 7.10. The summed E-state index contributed by atoms with van der Waals surface area (Å²) in [6, 6.07) is 0. The fourth-order valence-electron chi connectivity index (χ4n) is 1.58. The molecule has 1 aromatic heterocycles. The molecule has 0 saturated carbocycles. The van der Waals surface area contributed by atoms with Crippen molar-refractivity contribution in [1.82, 2.24) is 14.5 Å². The number of imidazole rings is 1. The molecular formula is C11H20N4O3. The van der Waals surface area contributed by atoms with E-state index >= 15 is 0 Å². The van der Waals surface area contributed by atoms with Crippen molar-refractivity contribution in [2.75, 3.05) is 33.9 Å². The minimum absolute atomic E-state index is 0.194. The van der Waals surface area contributed by atoms with E-state index in [4.69, 9.17) is 10.5 Å². The highest BCUT2D eigenvalue weighted by atomic mass is 16.5. The monoisotopic (exact) mass is 256 g/mol. The predicted molar refractivity (Wildman–Crippen MR) is 66.1 cm³/mol. The van der Waals surface area contributed by atoms with Crippen LogP contribution in [0.25, 0.3) is 0 Å². The zero-order chi connectivity index (χ0) is 13.5. The number of hydrogen-bond donors (Lipinski definition) is 2. The second-order valence-electron chi connectivity index (χ2n) is 4.08. The number of nitrogens with zero attached hydrogens (tertiary/aromatic N) is 3. The van der Waals surface area contributed by atoms with Gasteiger partial charge in [-0.2, -0.15) is 0 Å². The molecule has 0 spiro atoms. The Labute approximate surface area is 106 Å². The van der Waals surface area contributed by atoms with Gasteiger partial charge >= 0.3 is 0 Å². The summed E-state index contributed by atoms with van der Waals surface area (Å²) in [6.45, 7) is 1.51. The lowest BCUT2D eigenvalue weighted by Crippen LogP contribution is -2.36. The minimum Gasteiger partial charge on any atom is -0.389 e. The standard InChI is InChI=1S/C11H20N4O3/c1-14(5-9(16)7-18-2)11(17)10-6-15(4-3-12)8-13-10/h6,8-9,16H,3-5,7,12H2,1-2H3. The highest BCUT2D eigenvalue weighted by molar-refractivity contribution is 5.91. The maximum Gasteiger partial charge on any atom is 0.273 e. The van der Waals surface area contributed by atoms with Crippen molar-refractivity contribution in [3.63, 3.8) is 0 Å². The van der Waals surface area contributed by atoms with E-state index in [1.54, 1.807) is 24.1 Å². The highest BCUT2D eigenvalue weighted by Crippen LogP contribution is 2.02. The lowest BCUT2D eigenvalue weighted by molar-refractivity contribution is 0.0378. The number of carbonyl (C=O) groups excluding carboxylic acids is 1. The molecule has 1 atom stereocenters. The molecular weight excluding hydrogens is 236 g/mol. The average Bonchev–Trinajstić information content (AvgIpc) is 2.77. The molecule has 0 aliphatic heterocycles. The van der Waals surface area contributed by atoms with Crippen LogP contribution in [0.15, 0.2) is 12.5 Å². The van der Waals surface area contributed by atoms with Crippen LogP contribution in [0.2, 0.25) is 0 Å². The molecule has 0 radical (unpaired) electrons. The molecule has 0 aliphatic carbocycles. The van der Waals surface area contributed by atoms with E-state index in [9.17, 15) is 9.90 Å². The molecule has 1 aromatic rings. The second-order valence-corrected chi connectivity index (χ2v) is 4.08. The molecule has 1 unspecified atom stereocenters. The fraction of sp³-hybridized carbons (Fsp3) is 0.636. The van der Waals surface area contributed by atoms with Gasteiger partial charge in [0.2, 0.25) is 0 Å². The van der Waals surface area contributed by atoms with Crippen molar-refractivity contribution in [3.05, 3.63) is 18.2 Å². The van der Waals surface area contributed by atoms with Crippen LogP contribution in [0.5, 0.6) is 0 Å². The molecule has 1 heterocycles. The highest BCUT2D eigenvalue weighted by Gasteiger charge is 2.17. The van der Waals surface area contributed by atoms with Gasteiger partial charge in [-0.25, -0.2) is 4.98 Å². The molecule has 7 nitrogen and oxygen atoms in total. The van der Waals surface area contributed by atoms with Crippen molar-refractivity contribution < 1.29 is 14.6 Å². The van der Waals surface area contributed by atoms with Crippen molar-refractivity contribution >= 4 is 5.91 Å². The van der Waals surface area contributed by atoms with Crippen molar-refractivity contribution in [1.29, 1.82) is 0 Å². The Morgan fingerprint density at radius 2 is 2.44 bits per heavy atom. The van der Waals surface area contributed by atoms with E-state index in [0.29, 0.717) is 18.8 Å². The van der Waals surface area contributed by atoms with Gasteiger partial charge in [-0.3, -0.25) is 4.79 Å². The van der Waals surface area contributed by atoms with Gasteiger partial charge in [0.05, 0.1) is 19.0 Å². The SMILES string of the molecule is COCC(O)CN(C)C(=O)c1cn(CCN)cn1. The Kier molecular flexibility index (Phi) is 5.76. The van der Waals surface area contributed by atoms with Crippen molar-refractivity contribution in [2.45, 2.75) is 12.6 Å². The number of methoxy groups -OCH3 is 1. The molecule has 18 heavy (non-hydrogen) atoms. The summed E-state index contributed by atoms with van der Waals surface area (Å²) in [5.41, 5.74) is 5.76. The Bertz CT molecular complexity index is 380. The maximum absolute atomic E-state index is 12.0. The Hall–Kier alpha value is -1.44. The minimum atomic E-state index is -0.699. The van der Waals surface area contributed by atoms with E-state index < -0.39 is 6.10 Å². The molecule has 1 rings (SSSR count). The molecule has 0 bridgehead atoms. The Morgan fingerprint density at radius 1 is 1.72 bits per heavy atom. The summed E-state index contributed by atoms with van der Waals surface area (Å²) >= 11 is 0. The third-order valence-corrected chi connectivity index (χ3v) is 2.43. The van der Waals surface area contributed by atoms with Crippen LogP contribution in [-0.4, -0.2) is 65.4 Å². The first-order chi connectivity index (χ1) is 8.58. The molecule has 3 N–H and O–H groups in total. The number of rotatable bonds is 7. The average molecular weight is 256 g/mol. The van der Waals surface area contributed by atoms with Gasteiger partial charge < -0.3 is 25.0 Å². The molecule has 1 amide bonds. The number of aliphatic hydroxyl groups is 1. The van der Waals surface area contributed by atoms with Gasteiger partial charge in [0.1, 0.15) is 5.69 Å². The normalized spacial score (nSPS) is 12.4. The number of carbonyl (C=O) groups is 1. The van der Waals surface area contributed by atoms with Gasteiger partial charge in [-0.05, 0) is 0 Å². The number of amides is 1. The first kappa shape index (κ1) is 14.6. The molecule has 0 aromatic carbocycles. The predicted octanol–water partition coefficient (Wildman–Crippen LogP) is -1.08. The number of ether oxygens (including phenoxy) is 1. The van der Waals surface area contributed by atoms with Crippen molar-refractivity contribution in [3.8, 4) is 0 Å². The Morgan fingerprint density at radius 3 is 3.06 bits per heavy atom. The first-order valence-corrected chi connectivity index (χ1v) is 5.72. The van der Waals surface area contributed by atoms with Gasteiger partial charge in [-0.1, -0.05) is 0 Å². The summed E-state index contributed by atoms with van der Waals surface area (Å²) in [7, 11) is 3.11. The van der Waals surface area contributed by atoms with E-state index in [1.165, 1.54) is 12.0 Å². The van der Waals surface area contributed by atoms with Gasteiger partial charge in [-0.15, -0.1) is 0 Å². The quantitative estimate of drug-likeness (QED) is 0.647. The zero-order valence-electron chi connectivity index (χ0n) is 10.7. The van der Waals surface area contributed by atoms with Crippen LogP contribution in [0, 0.1) is 0 Å². The van der Waals surface area contributed by atoms with Crippen molar-refractivity contribution in [2.24, 2.45) is 5.73 Å². The van der Waals surface area contributed by atoms with Crippen LogP contribution in [0.4, 0.5) is 0 Å². The van der Waals surface area contributed by atoms with Crippen LogP contribution >= 0.6 is 0 Å². The number of likely N-dealkylation sites (N-methyl/N-ethyl adjacent to an activating group) is 1. The van der Waals surface area contributed by atoms with Crippen LogP contribution in [0.1, 0.15) is 10.5 Å². The molecule has 102 valence electrons. The van der Waals surface area contributed by atoms with E-state index in [0.717, 1.165) is 0 Å². The van der Waals surface area contributed by atoms with Crippen LogP contribution < -0.4 is 5.73 Å². The van der Waals surface area contributed by atoms with Crippen LogP contribution in [0.3, 0.4) is 0 Å². The lowest BCUT2D eigenvalue weighted by atomic mass is 10.3. The smallest absolute Gasteiger partial charge is 0.273 e. The molecule has 0 aliphatic rings. The number of aromatic nitrogens is 2. The molecule has 0 fully saturated rings. The van der Waals surface area contributed by atoms with E-state index in [-0.39, 0.29) is 19.1 Å². The maximum atomic E-state index is 12.0. The summed E-state index contributed by atoms with van der Waals surface area (Å²) in [5.74, 6) is -0.235. The van der Waals surface area contributed by atoms with E-state index in [2.05, 4.69) is 4.98 Å².